The first-order chi connectivity index (χ1) is 11.1. The van der Waals surface area contributed by atoms with Crippen LogP contribution in [0.2, 0.25) is 0 Å². The van der Waals surface area contributed by atoms with Crippen LogP contribution < -0.4 is 68.6 Å². The molecule has 0 aliphatic rings. The van der Waals surface area contributed by atoms with Crippen LogP contribution in [0.25, 0.3) is 9.75 Å². The molecular weight excluding hydrogens is 446 g/mol. The van der Waals surface area contributed by atoms with E-state index < -0.39 is 31.7 Å². The summed E-state index contributed by atoms with van der Waals surface area (Å²) in [5.41, 5.74) is 0. The second kappa shape index (κ2) is 11.7. The van der Waals surface area contributed by atoms with Crippen molar-refractivity contribution in [3.8, 4) is 21.3 Å². The molecule has 0 amide bonds. The molecule has 2 heterocycles. The average Bonchev–Trinajstić information content (AvgIpc) is 3.04. The van der Waals surface area contributed by atoms with Gasteiger partial charge >= 0.3 is 59.1 Å². The van der Waals surface area contributed by atoms with Crippen molar-refractivity contribution < 1.29 is 94.5 Å². The summed E-state index contributed by atoms with van der Waals surface area (Å²) in [5, 5.41) is 3.36. The van der Waals surface area contributed by atoms with Crippen LogP contribution in [-0.2, 0) is 20.2 Å². The molecule has 26 heavy (non-hydrogen) atoms. The second-order valence-corrected chi connectivity index (χ2v) is 9.38. The van der Waals surface area contributed by atoms with Crippen LogP contribution in [0.4, 0.5) is 0 Å². The molecule has 0 aliphatic carbocycles. The number of hydrogen-bond acceptors (Lipinski definition) is 10. The fraction of sp³-hybridized carbons (Fsp3) is 0.333. The van der Waals surface area contributed by atoms with E-state index in [4.69, 9.17) is 9.47 Å². The Morgan fingerprint density at radius 1 is 0.769 bits per heavy atom. The van der Waals surface area contributed by atoms with Crippen molar-refractivity contribution in [2.24, 2.45) is 0 Å². The van der Waals surface area contributed by atoms with Gasteiger partial charge in [-0.1, -0.05) is 0 Å². The summed E-state index contributed by atoms with van der Waals surface area (Å²) in [7, 11) is -8.61. The Bertz CT molecular complexity index is 814. The molecule has 14 heteroatoms. The summed E-state index contributed by atoms with van der Waals surface area (Å²) >= 11 is 2.72. The van der Waals surface area contributed by atoms with E-state index in [0.717, 1.165) is 9.75 Å². The van der Waals surface area contributed by atoms with E-state index in [2.05, 4.69) is 0 Å². The van der Waals surface area contributed by atoms with Gasteiger partial charge in [-0.25, -0.2) is 16.8 Å². The van der Waals surface area contributed by atoms with Gasteiger partial charge in [0.1, 0.15) is 24.7 Å². The number of hydrogen-bond donors (Lipinski definition) is 0. The van der Waals surface area contributed by atoms with Crippen LogP contribution in [0, 0.1) is 0 Å². The molecule has 8 nitrogen and oxygen atoms in total. The molecule has 0 aromatic carbocycles. The number of thiophene rings is 2. The first-order valence-electron chi connectivity index (χ1n) is 6.42. The minimum atomic E-state index is -4.31. The van der Waals surface area contributed by atoms with Gasteiger partial charge in [0.15, 0.2) is 0 Å². The zero-order valence-corrected chi connectivity index (χ0v) is 21.3. The Labute approximate surface area is 204 Å². The predicted molar refractivity (Wildman–Crippen MR) is 87.8 cm³/mol. The molecule has 0 spiro atoms. The van der Waals surface area contributed by atoms with Crippen LogP contribution in [0.15, 0.2) is 22.9 Å². The van der Waals surface area contributed by atoms with Gasteiger partial charge < -0.3 is 18.6 Å². The first-order valence-corrected chi connectivity index (χ1v) is 11.3. The van der Waals surface area contributed by atoms with E-state index in [1.165, 1.54) is 22.7 Å². The van der Waals surface area contributed by atoms with Gasteiger partial charge in [0, 0.05) is 20.5 Å². The quantitative estimate of drug-likeness (QED) is 0.271. The van der Waals surface area contributed by atoms with Crippen LogP contribution in [-0.4, -0.2) is 50.7 Å². The third-order valence-corrected chi connectivity index (χ3v) is 5.94. The summed E-state index contributed by atoms with van der Waals surface area (Å²) in [5.74, 6) is -0.297. The normalized spacial score (nSPS) is 11.3. The maximum atomic E-state index is 10.5. The maximum absolute atomic E-state index is 10.5. The van der Waals surface area contributed by atoms with E-state index >= 15 is 0 Å². The molecule has 2 aromatic heterocycles. The van der Waals surface area contributed by atoms with Crippen LogP contribution >= 0.6 is 22.7 Å². The Morgan fingerprint density at radius 3 is 1.42 bits per heavy atom. The largest absolute Gasteiger partial charge is 1.00 e. The minimum absolute atomic E-state index is 0. The third kappa shape index (κ3) is 10.4. The molecule has 0 bridgehead atoms. The van der Waals surface area contributed by atoms with E-state index in [-0.39, 0.29) is 72.3 Å². The van der Waals surface area contributed by atoms with Crippen molar-refractivity contribution in [2.75, 3.05) is 24.7 Å². The van der Waals surface area contributed by atoms with Crippen LogP contribution in [0.1, 0.15) is 0 Å². The van der Waals surface area contributed by atoms with Gasteiger partial charge in [-0.3, -0.25) is 0 Å². The fourth-order valence-electron chi connectivity index (χ4n) is 1.57. The molecule has 134 valence electrons. The Balaban J connectivity index is 0.00000312. The van der Waals surface area contributed by atoms with Crippen molar-refractivity contribution in [3.63, 3.8) is 0 Å². The topological polar surface area (TPSA) is 133 Å². The summed E-state index contributed by atoms with van der Waals surface area (Å²) in [4.78, 5) is 1.68. The van der Waals surface area contributed by atoms with Crippen molar-refractivity contribution in [1.82, 2.24) is 0 Å². The molecule has 2 rings (SSSR count). The molecule has 0 saturated heterocycles. The Morgan fingerprint density at radius 2 is 1.12 bits per heavy atom. The van der Waals surface area contributed by atoms with Crippen molar-refractivity contribution in [2.45, 2.75) is 0 Å². The third-order valence-electron chi connectivity index (χ3n) is 2.60. The average molecular weight is 458 g/mol. The SMILES string of the molecule is O=S(=O)([O-])CCOc1csc(-c2cc(OCCS(=O)(=O)[O-])cs2)c1.[Na+].[Na+]. The smallest absolute Gasteiger partial charge is 0.748 e. The second-order valence-electron chi connectivity index (χ2n) is 4.51. The monoisotopic (exact) mass is 458 g/mol. The van der Waals surface area contributed by atoms with Gasteiger partial charge in [0.05, 0.1) is 31.7 Å². The van der Waals surface area contributed by atoms with Crippen molar-refractivity contribution in [3.05, 3.63) is 22.9 Å². The van der Waals surface area contributed by atoms with E-state index in [9.17, 15) is 25.9 Å². The van der Waals surface area contributed by atoms with Crippen LogP contribution in [0.3, 0.4) is 0 Å². The molecule has 0 N–H and O–H groups in total. The molecule has 0 aliphatic heterocycles. The molecule has 0 fully saturated rings. The number of rotatable bonds is 9. The first kappa shape index (κ1) is 26.8. The fourth-order valence-corrected chi connectivity index (χ4v) is 3.91. The van der Waals surface area contributed by atoms with Crippen LogP contribution in [0.5, 0.6) is 11.5 Å². The maximum Gasteiger partial charge on any atom is 1.00 e. The summed E-state index contributed by atoms with van der Waals surface area (Å²) in [6.45, 7) is -0.436. The summed E-state index contributed by atoms with van der Waals surface area (Å²) in [6, 6.07) is 3.39. The van der Waals surface area contributed by atoms with Gasteiger partial charge in [-0.15, -0.1) is 22.7 Å². The Hall–Kier alpha value is 0.820. The standard InChI is InChI=1S/C12H14O8S4.2Na/c13-23(14,15)3-1-19-9-5-11(21-7-9)12-6-10(8-22-12)20-2-4-24(16,17)18;;/h5-8H,1-4H2,(H,13,14,15)(H,16,17,18);;/q;2*+1/p-2. The van der Waals surface area contributed by atoms with Crippen molar-refractivity contribution >= 4 is 42.9 Å². The molecule has 0 unspecified atom stereocenters. The number of ether oxygens (including phenoxy) is 2. The molecule has 0 radical (unpaired) electrons. The van der Waals surface area contributed by atoms with Crippen molar-refractivity contribution in [1.29, 1.82) is 0 Å². The predicted octanol–water partition coefficient (Wildman–Crippen LogP) is -4.67. The molecular formula is C12H12Na2O8S4. The summed E-state index contributed by atoms with van der Waals surface area (Å²) < 4.78 is 73.4. The van der Waals surface area contributed by atoms with Gasteiger partial charge in [-0.2, -0.15) is 0 Å². The summed E-state index contributed by atoms with van der Waals surface area (Å²) in [6.07, 6.45) is 0. The molecule has 0 saturated carbocycles. The van der Waals surface area contributed by atoms with E-state index in [1.807, 2.05) is 0 Å². The van der Waals surface area contributed by atoms with Gasteiger partial charge in [0.2, 0.25) is 0 Å². The Kier molecular flexibility index (Phi) is 12.1. The molecule has 0 atom stereocenters. The zero-order valence-electron chi connectivity index (χ0n) is 14.0. The van der Waals surface area contributed by atoms with Gasteiger partial charge in [-0.05, 0) is 12.1 Å². The zero-order chi connectivity index (χ0) is 17.8. The van der Waals surface area contributed by atoms with Gasteiger partial charge in [0.25, 0.3) is 0 Å². The minimum Gasteiger partial charge on any atom is -0.748 e. The van der Waals surface area contributed by atoms with E-state index in [1.54, 1.807) is 22.9 Å². The molecule has 2 aromatic rings. The van der Waals surface area contributed by atoms with E-state index in [0.29, 0.717) is 11.5 Å².